The van der Waals surface area contributed by atoms with Crippen molar-refractivity contribution >= 4 is 11.8 Å². The van der Waals surface area contributed by atoms with Gasteiger partial charge in [-0.1, -0.05) is 26.8 Å². The van der Waals surface area contributed by atoms with Gasteiger partial charge in [-0.05, 0) is 32.0 Å². The first-order valence-corrected chi connectivity index (χ1v) is 7.55. The van der Waals surface area contributed by atoms with Gasteiger partial charge in [0, 0.05) is 21.8 Å². The number of benzene rings is 1. The maximum atomic E-state index is 5.52. The molecule has 0 radical (unpaired) electrons. The Morgan fingerprint density at radius 2 is 2.00 bits per heavy atom. The van der Waals surface area contributed by atoms with Gasteiger partial charge in [-0.3, -0.25) is 0 Å². The molecule has 3 heteroatoms. The Bertz CT molecular complexity index is 366. The maximum absolute atomic E-state index is 5.52. The summed E-state index contributed by atoms with van der Waals surface area (Å²) in [5, 5.41) is 4.12. The summed E-state index contributed by atoms with van der Waals surface area (Å²) in [6.07, 6.45) is 1.14. The minimum atomic E-state index is 0.322. The Labute approximate surface area is 116 Å². The van der Waals surface area contributed by atoms with E-state index in [1.807, 2.05) is 17.8 Å². The summed E-state index contributed by atoms with van der Waals surface area (Å²) in [5.74, 6) is 0.983. The van der Waals surface area contributed by atoms with E-state index in [4.69, 9.17) is 4.74 Å². The molecule has 0 aromatic heterocycles. The fraction of sp³-hybridized carbons (Fsp3) is 0.600. The molecule has 0 aliphatic heterocycles. The summed E-state index contributed by atoms with van der Waals surface area (Å²) in [7, 11) is 1.75. The fourth-order valence-corrected chi connectivity index (χ4v) is 3.02. The van der Waals surface area contributed by atoms with Gasteiger partial charge in [0.25, 0.3) is 0 Å². The van der Waals surface area contributed by atoms with Crippen LogP contribution in [-0.2, 0) is 0 Å². The second-order valence-corrected chi connectivity index (χ2v) is 6.33. The van der Waals surface area contributed by atoms with Gasteiger partial charge in [0.2, 0.25) is 0 Å². The normalized spacial score (nSPS) is 12.8. The molecule has 0 heterocycles. The van der Waals surface area contributed by atoms with Crippen molar-refractivity contribution < 1.29 is 4.74 Å². The van der Waals surface area contributed by atoms with Gasteiger partial charge in [0.1, 0.15) is 5.75 Å². The highest BCUT2D eigenvalue weighted by Crippen LogP contribution is 2.36. The van der Waals surface area contributed by atoms with Crippen LogP contribution in [0, 0.1) is 0 Å². The highest BCUT2D eigenvalue weighted by atomic mass is 32.2. The predicted octanol–water partition coefficient (Wildman–Crippen LogP) is 4.26. The fourth-order valence-electron chi connectivity index (χ4n) is 1.95. The number of nitrogens with one attached hydrogen (secondary N) is 1. The van der Waals surface area contributed by atoms with Crippen molar-refractivity contribution in [3.8, 4) is 5.75 Å². The molecule has 2 nitrogen and oxygen atoms in total. The van der Waals surface area contributed by atoms with Crippen LogP contribution in [0.3, 0.4) is 0 Å². The third-order valence-corrected chi connectivity index (χ3v) is 3.82. The third-order valence-electron chi connectivity index (χ3n) is 2.74. The Morgan fingerprint density at radius 1 is 1.28 bits per heavy atom. The molecule has 1 aromatic carbocycles. The highest BCUT2D eigenvalue weighted by Gasteiger charge is 2.16. The minimum absolute atomic E-state index is 0.322. The predicted molar refractivity (Wildman–Crippen MR) is 80.7 cm³/mol. The van der Waals surface area contributed by atoms with E-state index in [-0.39, 0.29) is 0 Å². The number of hydrogen-bond acceptors (Lipinski definition) is 3. The first-order chi connectivity index (χ1) is 8.60. The van der Waals surface area contributed by atoms with E-state index >= 15 is 0 Å². The van der Waals surface area contributed by atoms with E-state index in [0.29, 0.717) is 11.3 Å². The molecule has 0 saturated carbocycles. The smallest absolute Gasteiger partial charge is 0.124 e. The summed E-state index contributed by atoms with van der Waals surface area (Å²) in [5.41, 5.74) is 1.28. The van der Waals surface area contributed by atoms with E-state index < -0.39 is 0 Å². The number of ether oxygens (including phenoxy) is 1. The van der Waals surface area contributed by atoms with E-state index in [2.05, 4.69) is 45.1 Å². The molecule has 1 aromatic rings. The van der Waals surface area contributed by atoms with Crippen molar-refractivity contribution in [1.29, 1.82) is 0 Å². The van der Waals surface area contributed by atoms with Crippen LogP contribution >= 0.6 is 11.8 Å². The van der Waals surface area contributed by atoms with Gasteiger partial charge in [0.15, 0.2) is 0 Å². The lowest BCUT2D eigenvalue weighted by Gasteiger charge is -2.21. The highest BCUT2D eigenvalue weighted by molar-refractivity contribution is 8.00. The molecular formula is C15H25NOS. The standard InChI is InChI=1S/C15H25NOS/c1-6-10-16-12(4)15-13(17-5)8-7-9-14(15)18-11(2)3/h7-9,11-12,16H,6,10H2,1-5H3. The number of rotatable bonds is 7. The summed E-state index contributed by atoms with van der Waals surface area (Å²) < 4.78 is 5.52. The molecule has 0 bridgehead atoms. The minimum Gasteiger partial charge on any atom is -0.496 e. The molecule has 0 amide bonds. The summed E-state index contributed by atoms with van der Waals surface area (Å²) >= 11 is 1.90. The lowest BCUT2D eigenvalue weighted by Crippen LogP contribution is -2.20. The third kappa shape index (κ3) is 4.21. The van der Waals surface area contributed by atoms with E-state index in [9.17, 15) is 0 Å². The molecule has 1 rings (SSSR count). The number of hydrogen-bond donors (Lipinski definition) is 1. The number of thioether (sulfide) groups is 1. The van der Waals surface area contributed by atoms with Gasteiger partial charge in [0.05, 0.1) is 7.11 Å². The summed E-state index contributed by atoms with van der Waals surface area (Å²) in [6, 6.07) is 6.62. The lowest BCUT2D eigenvalue weighted by molar-refractivity contribution is 0.399. The molecule has 0 fully saturated rings. The van der Waals surface area contributed by atoms with Crippen LogP contribution in [0.15, 0.2) is 23.1 Å². The van der Waals surface area contributed by atoms with Gasteiger partial charge in [-0.25, -0.2) is 0 Å². The molecule has 1 atom stereocenters. The van der Waals surface area contributed by atoms with E-state index in [1.54, 1.807) is 7.11 Å². The molecule has 18 heavy (non-hydrogen) atoms. The Hall–Kier alpha value is -0.670. The van der Waals surface area contributed by atoms with Crippen molar-refractivity contribution in [3.05, 3.63) is 23.8 Å². The van der Waals surface area contributed by atoms with Gasteiger partial charge >= 0.3 is 0 Å². The van der Waals surface area contributed by atoms with Crippen LogP contribution < -0.4 is 10.1 Å². The Balaban J connectivity index is 3.02. The Kier molecular flexibility index (Phi) is 6.58. The largest absolute Gasteiger partial charge is 0.496 e. The molecule has 1 unspecified atom stereocenters. The average molecular weight is 267 g/mol. The maximum Gasteiger partial charge on any atom is 0.124 e. The zero-order valence-corrected chi connectivity index (χ0v) is 12.9. The molecule has 102 valence electrons. The van der Waals surface area contributed by atoms with Crippen molar-refractivity contribution in [1.82, 2.24) is 5.32 Å². The van der Waals surface area contributed by atoms with Crippen LogP contribution in [0.5, 0.6) is 5.75 Å². The SMILES string of the molecule is CCCNC(C)c1c(OC)cccc1SC(C)C. The van der Waals surface area contributed by atoms with Crippen LogP contribution in [-0.4, -0.2) is 18.9 Å². The molecule has 0 aliphatic carbocycles. The van der Waals surface area contributed by atoms with E-state index in [1.165, 1.54) is 10.5 Å². The first-order valence-electron chi connectivity index (χ1n) is 6.67. The van der Waals surface area contributed by atoms with Gasteiger partial charge < -0.3 is 10.1 Å². The molecular weight excluding hydrogens is 242 g/mol. The van der Waals surface area contributed by atoms with E-state index in [0.717, 1.165) is 18.7 Å². The second kappa shape index (κ2) is 7.70. The van der Waals surface area contributed by atoms with Crippen LogP contribution in [0.1, 0.15) is 45.7 Å². The molecule has 0 aliphatic rings. The second-order valence-electron chi connectivity index (χ2n) is 4.71. The van der Waals surface area contributed by atoms with Crippen LogP contribution in [0.25, 0.3) is 0 Å². The lowest BCUT2D eigenvalue weighted by atomic mass is 10.1. The van der Waals surface area contributed by atoms with Crippen LogP contribution in [0.4, 0.5) is 0 Å². The zero-order chi connectivity index (χ0) is 13.5. The molecule has 1 N–H and O–H groups in total. The van der Waals surface area contributed by atoms with Gasteiger partial charge in [-0.15, -0.1) is 11.8 Å². The summed E-state index contributed by atoms with van der Waals surface area (Å²) in [4.78, 5) is 1.32. The monoisotopic (exact) mass is 267 g/mol. The molecule has 0 spiro atoms. The number of methoxy groups -OCH3 is 1. The van der Waals surface area contributed by atoms with Crippen molar-refractivity contribution in [3.63, 3.8) is 0 Å². The first kappa shape index (κ1) is 15.4. The quantitative estimate of drug-likeness (QED) is 0.746. The van der Waals surface area contributed by atoms with Crippen molar-refractivity contribution in [2.45, 2.75) is 50.3 Å². The Morgan fingerprint density at radius 3 is 2.56 bits per heavy atom. The van der Waals surface area contributed by atoms with Crippen molar-refractivity contribution in [2.75, 3.05) is 13.7 Å². The summed E-state index contributed by atoms with van der Waals surface area (Å²) in [6.45, 7) is 9.87. The van der Waals surface area contributed by atoms with Gasteiger partial charge in [-0.2, -0.15) is 0 Å². The average Bonchev–Trinajstić information content (AvgIpc) is 2.34. The molecule has 0 saturated heterocycles. The van der Waals surface area contributed by atoms with Crippen molar-refractivity contribution in [2.24, 2.45) is 0 Å². The zero-order valence-electron chi connectivity index (χ0n) is 12.1. The topological polar surface area (TPSA) is 21.3 Å². The van der Waals surface area contributed by atoms with Crippen LogP contribution in [0.2, 0.25) is 0 Å².